The van der Waals surface area contributed by atoms with Gasteiger partial charge in [0.15, 0.2) is 0 Å². The number of para-hydroxylation sites is 1. The van der Waals surface area contributed by atoms with Crippen LogP contribution in [0.15, 0.2) is 65.6 Å². The minimum Gasteiger partial charge on any atom is -0.497 e. The molecule has 3 rings (SSSR count). The van der Waals surface area contributed by atoms with Gasteiger partial charge in [0.1, 0.15) is 11.6 Å². The van der Waals surface area contributed by atoms with Crippen molar-refractivity contribution in [3.63, 3.8) is 0 Å². The molecule has 0 amide bonds. The van der Waals surface area contributed by atoms with Crippen LogP contribution in [-0.4, -0.2) is 15.5 Å². The lowest BCUT2D eigenvalue weighted by Gasteiger charge is -2.10. The molecule has 1 N–H and O–H groups in total. The summed E-state index contributed by atoms with van der Waals surface area (Å²) in [6, 6.07) is 15.7. The van der Waals surface area contributed by atoms with Gasteiger partial charge < -0.3 is 4.74 Å². The van der Waals surface area contributed by atoms with E-state index in [0.29, 0.717) is 5.75 Å². The van der Waals surface area contributed by atoms with Gasteiger partial charge in [-0.3, -0.25) is 4.72 Å². The number of sulfonamides is 1. The molecule has 0 fully saturated rings. The lowest BCUT2D eigenvalue weighted by atomic mass is 10.1. The molecular formula is C17H14FNO3S. The molecule has 6 heteroatoms. The van der Waals surface area contributed by atoms with Crippen LogP contribution in [0.1, 0.15) is 0 Å². The first-order valence-electron chi connectivity index (χ1n) is 6.85. The van der Waals surface area contributed by atoms with E-state index in [4.69, 9.17) is 4.74 Å². The van der Waals surface area contributed by atoms with E-state index in [2.05, 4.69) is 4.72 Å². The minimum atomic E-state index is -3.86. The predicted molar refractivity (Wildman–Crippen MR) is 87.7 cm³/mol. The highest BCUT2D eigenvalue weighted by Gasteiger charge is 2.16. The topological polar surface area (TPSA) is 55.4 Å². The first-order valence-corrected chi connectivity index (χ1v) is 8.33. The Morgan fingerprint density at radius 3 is 2.39 bits per heavy atom. The van der Waals surface area contributed by atoms with Gasteiger partial charge in [-0.2, -0.15) is 0 Å². The summed E-state index contributed by atoms with van der Waals surface area (Å²) >= 11 is 0. The molecule has 0 aliphatic carbocycles. The number of anilines is 1. The summed E-state index contributed by atoms with van der Waals surface area (Å²) in [6.07, 6.45) is 0. The van der Waals surface area contributed by atoms with Gasteiger partial charge in [0.2, 0.25) is 0 Å². The summed E-state index contributed by atoms with van der Waals surface area (Å²) in [5, 5.41) is 1.61. The SMILES string of the molecule is COc1ccc2cc(S(=O)(=O)Nc3ccccc3F)ccc2c1. The Hall–Kier alpha value is -2.60. The highest BCUT2D eigenvalue weighted by molar-refractivity contribution is 7.92. The third kappa shape index (κ3) is 3.12. The lowest BCUT2D eigenvalue weighted by Crippen LogP contribution is -2.13. The molecule has 0 aliphatic rings. The maximum absolute atomic E-state index is 13.6. The third-order valence-electron chi connectivity index (χ3n) is 3.45. The predicted octanol–water partition coefficient (Wildman–Crippen LogP) is 3.79. The van der Waals surface area contributed by atoms with Crippen LogP contribution in [0.25, 0.3) is 10.8 Å². The summed E-state index contributed by atoms with van der Waals surface area (Å²) in [4.78, 5) is 0.0680. The Balaban J connectivity index is 2.00. The van der Waals surface area contributed by atoms with Crippen molar-refractivity contribution in [3.05, 3.63) is 66.5 Å². The molecule has 0 saturated carbocycles. The molecular weight excluding hydrogens is 317 g/mol. The average molecular weight is 331 g/mol. The van der Waals surface area contributed by atoms with E-state index in [0.717, 1.165) is 10.8 Å². The summed E-state index contributed by atoms with van der Waals surface area (Å²) in [7, 11) is -2.30. The number of ether oxygens (including phenoxy) is 1. The molecule has 0 unspecified atom stereocenters. The van der Waals surface area contributed by atoms with Crippen LogP contribution in [0, 0.1) is 5.82 Å². The highest BCUT2D eigenvalue weighted by atomic mass is 32.2. The molecule has 0 aromatic heterocycles. The standard InChI is InChI=1S/C17H14FNO3S/c1-22-14-8-6-13-11-15(9-7-12(13)10-14)23(20,21)19-17-5-3-2-4-16(17)18/h2-11,19H,1H3. The second-order valence-electron chi connectivity index (χ2n) is 4.96. The maximum Gasteiger partial charge on any atom is 0.262 e. The number of hydrogen-bond acceptors (Lipinski definition) is 3. The molecule has 0 heterocycles. The molecule has 0 aliphatic heterocycles. The molecule has 118 valence electrons. The molecule has 0 radical (unpaired) electrons. The summed E-state index contributed by atoms with van der Waals surface area (Å²) in [5.41, 5.74) is -0.0812. The Labute approximate surface area is 133 Å². The molecule has 0 bridgehead atoms. The van der Waals surface area contributed by atoms with E-state index < -0.39 is 15.8 Å². The molecule has 0 saturated heterocycles. The van der Waals surface area contributed by atoms with Crippen molar-refractivity contribution in [1.82, 2.24) is 0 Å². The van der Waals surface area contributed by atoms with Crippen molar-refractivity contribution < 1.29 is 17.5 Å². The smallest absolute Gasteiger partial charge is 0.262 e. The molecule has 0 spiro atoms. The maximum atomic E-state index is 13.6. The minimum absolute atomic E-state index is 0.0680. The van der Waals surface area contributed by atoms with Crippen LogP contribution in [0.2, 0.25) is 0 Å². The Bertz CT molecular complexity index is 970. The molecule has 23 heavy (non-hydrogen) atoms. The first-order chi connectivity index (χ1) is 11.0. The zero-order chi connectivity index (χ0) is 16.4. The van der Waals surface area contributed by atoms with E-state index in [1.165, 1.54) is 30.3 Å². The first kappa shape index (κ1) is 15.3. The van der Waals surface area contributed by atoms with Crippen molar-refractivity contribution >= 4 is 26.5 Å². The molecule has 4 nitrogen and oxygen atoms in total. The fourth-order valence-corrected chi connectivity index (χ4v) is 3.35. The number of halogens is 1. The van der Waals surface area contributed by atoms with Crippen LogP contribution in [0.5, 0.6) is 5.75 Å². The Kier molecular flexibility index (Phi) is 3.92. The number of rotatable bonds is 4. The van der Waals surface area contributed by atoms with Crippen molar-refractivity contribution in [2.24, 2.45) is 0 Å². The van der Waals surface area contributed by atoms with Gasteiger partial charge in [0, 0.05) is 0 Å². The van der Waals surface area contributed by atoms with Gasteiger partial charge in [0.25, 0.3) is 10.0 Å². The fraction of sp³-hybridized carbons (Fsp3) is 0.0588. The van der Waals surface area contributed by atoms with Crippen LogP contribution in [0.4, 0.5) is 10.1 Å². The van der Waals surface area contributed by atoms with Gasteiger partial charge in [-0.25, -0.2) is 12.8 Å². The second kappa shape index (κ2) is 5.89. The van der Waals surface area contributed by atoms with Crippen LogP contribution >= 0.6 is 0 Å². The summed E-state index contributed by atoms with van der Waals surface area (Å²) < 4.78 is 45.9. The van der Waals surface area contributed by atoms with E-state index in [1.807, 2.05) is 6.07 Å². The van der Waals surface area contributed by atoms with E-state index in [1.54, 1.807) is 31.4 Å². The number of nitrogens with one attached hydrogen (secondary N) is 1. The van der Waals surface area contributed by atoms with Crippen molar-refractivity contribution in [2.45, 2.75) is 4.90 Å². The number of hydrogen-bond donors (Lipinski definition) is 1. The molecule has 3 aromatic rings. The van der Waals surface area contributed by atoms with Crippen molar-refractivity contribution in [3.8, 4) is 5.75 Å². The van der Waals surface area contributed by atoms with Gasteiger partial charge in [0.05, 0.1) is 17.7 Å². The quantitative estimate of drug-likeness (QED) is 0.791. The van der Waals surface area contributed by atoms with Gasteiger partial charge in [-0.05, 0) is 47.2 Å². The monoisotopic (exact) mass is 331 g/mol. The largest absolute Gasteiger partial charge is 0.497 e. The Morgan fingerprint density at radius 2 is 1.65 bits per heavy atom. The molecule has 3 aromatic carbocycles. The zero-order valence-electron chi connectivity index (χ0n) is 12.3. The Morgan fingerprint density at radius 1 is 0.957 bits per heavy atom. The normalized spacial score (nSPS) is 11.4. The van der Waals surface area contributed by atoms with Crippen LogP contribution in [-0.2, 0) is 10.0 Å². The van der Waals surface area contributed by atoms with E-state index in [9.17, 15) is 12.8 Å². The molecule has 0 atom stereocenters. The van der Waals surface area contributed by atoms with Gasteiger partial charge in [-0.15, -0.1) is 0 Å². The average Bonchev–Trinajstić information content (AvgIpc) is 2.55. The summed E-state index contributed by atoms with van der Waals surface area (Å²) in [5.74, 6) is 0.0687. The fourth-order valence-electron chi connectivity index (χ4n) is 2.24. The summed E-state index contributed by atoms with van der Waals surface area (Å²) in [6.45, 7) is 0. The van der Waals surface area contributed by atoms with Crippen LogP contribution < -0.4 is 9.46 Å². The number of methoxy groups -OCH3 is 1. The number of fused-ring (bicyclic) bond motifs is 1. The highest BCUT2D eigenvalue weighted by Crippen LogP contribution is 2.25. The second-order valence-corrected chi connectivity index (χ2v) is 6.64. The lowest BCUT2D eigenvalue weighted by molar-refractivity contribution is 0.415. The zero-order valence-corrected chi connectivity index (χ0v) is 13.1. The van der Waals surface area contributed by atoms with Crippen LogP contribution in [0.3, 0.4) is 0 Å². The van der Waals surface area contributed by atoms with Gasteiger partial charge in [-0.1, -0.05) is 24.3 Å². The number of benzene rings is 3. The van der Waals surface area contributed by atoms with Crippen molar-refractivity contribution in [1.29, 1.82) is 0 Å². The van der Waals surface area contributed by atoms with E-state index in [-0.39, 0.29) is 10.6 Å². The van der Waals surface area contributed by atoms with Gasteiger partial charge >= 0.3 is 0 Å². The van der Waals surface area contributed by atoms with E-state index >= 15 is 0 Å². The van der Waals surface area contributed by atoms with Crippen molar-refractivity contribution in [2.75, 3.05) is 11.8 Å². The third-order valence-corrected chi connectivity index (χ3v) is 4.81.